The Morgan fingerprint density at radius 3 is 2.50 bits per heavy atom. The van der Waals surface area contributed by atoms with Crippen LogP contribution >= 0.6 is 15.9 Å². The summed E-state index contributed by atoms with van der Waals surface area (Å²) < 4.78 is 44.2. The lowest BCUT2D eigenvalue weighted by molar-refractivity contribution is 0.582. The normalized spacial score (nSPS) is 16.4. The van der Waals surface area contributed by atoms with Crippen LogP contribution in [0.3, 0.4) is 0 Å². The lowest BCUT2D eigenvalue weighted by Crippen LogP contribution is -2.25. The van der Waals surface area contributed by atoms with E-state index in [1.54, 1.807) is 24.1 Å². The van der Waals surface area contributed by atoms with E-state index < -0.39 is 17.5 Å². The first-order valence-electron chi connectivity index (χ1n) is 8.27. The third-order valence-corrected chi connectivity index (χ3v) is 5.31. The van der Waals surface area contributed by atoms with Crippen LogP contribution in [0.5, 0.6) is 0 Å². The number of benzene rings is 2. The van der Waals surface area contributed by atoms with Crippen LogP contribution in [0.4, 0.5) is 30.2 Å². The van der Waals surface area contributed by atoms with Crippen molar-refractivity contribution in [2.24, 2.45) is 0 Å². The van der Waals surface area contributed by atoms with E-state index in [0.717, 1.165) is 24.5 Å². The topological polar surface area (TPSA) is 15.3 Å². The number of nitrogens with zero attached hydrogens (tertiary/aromatic N) is 1. The molecule has 0 bridgehead atoms. The highest BCUT2D eigenvalue weighted by Crippen LogP contribution is 2.49. The number of anilines is 3. The van der Waals surface area contributed by atoms with Crippen LogP contribution in [0.25, 0.3) is 5.57 Å². The largest absolute Gasteiger partial charge is 0.350 e. The van der Waals surface area contributed by atoms with E-state index in [-0.39, 0.29) is 23.1 Å². The van der Waals surface area contributed by atoms with E-state index in [2.05, 4.69) is 27.8 Å². The zero-order valence-corrected chi connectivity index (χ0v) is 15.6. The first-order chi connectivity index (χ1) is 12.4. The molecule has 134 valence electrons. The lowest BCUT2D eigenvalue weighted by atomic mass is 9.97. The summed E-state index contributed by atoms with van der Waals surface area (Å²) in [6.07, 6.45) is 3.66. The first-order valence-corrected chi connectivity index (χ1v) is 9.06. The summed E-state index contributed by atoms with van der Waals surface area (Å²) in [4.78, 5) is 1.81. The molecule has 0 aromatic heterocycles. The first kappa shape index (κ1) is 17.2. The van der Waals surface area contributed by atoms with Crippen molar-refractivity contribution in [2.45, 2.75) is 25.8 Å². The fourth-order valence-electron chi connectivity index (χ4n) is 3.16. The van der Waals surface area contributed by atoms with Gasteiger partial charge in [-0.1, -0.05) is 12.6 Å². The van der Waals surface area contributed by atoms with Gasteiger partial charge in [-0.05, 0) is 59.0 Å². The van der Waals surface area contributed by atoms with E-state index in [1.807, 2.05) is 0 Å². The number of fused-ring (bicyclic) bond motifs is 1. The monoisotopic (exact) mass is 420 g/mol. The predicted octanol–water partition coefficient (Wildman–Crippen LogP) is 6.39. The summed E-state index contributed by atoms with van der Waals surface area (Å²) in [5, 5.41) is 2.80. The Kier molecular flexibility index (Phi) is 4.10. The Labute approximate surface area is 158 Å². The van der Waals surface area contributed by atoms with E-state index in [4.69, 9.17) is 0 Å². The van der Waals surface area contributed by atoms with Crippen LogP contribution in [0.1, 0.15) is 24.0 Å². The molecule has 6 heteroatoms. The number of hydrogen-bond acceptors (Lipinski definition) is 2. The van der Waals surface area contributed by atoms with Crippen LogP contribution in [-0.2, 0) is 0 Å². The molecule has 2 aliphatic rings. The molecule has 1 heterocycles. The molecule has 0 unspecified atom stereocenters. The van der Waals surface area contributed by atoms with Gasteiger partial charge < -0.3 is 10.2 Å². The number of halogens is 4. The molecule has 0 radical (unpaired) electrons. The number of aryl methyl sites for hydroxylation is 1. The third kappa shape index (κ3) is 2.82. The van der Waals surface area contributed by atoms with E-state index >= 15 is 0 Å². The van der Waals surface area contributed by atoms with Gasteiger partial charge in [0, 0.05) is 28.4 Å². The molecule has 1 fully saturated rings. The quantitative estimate of drug-likeness (QED) is 0.618. The van der Waals surface area contributed by atoms with Crippen LogP contribution in [0.15, 0.2) is 41.5 Å². The standard InChI is InChI=1S/C20H16BrF3N2/c1-10-3-6-17(14(22)7-10)25-19-15(23)8-16(24)20-18(19)11(2)13(21)9-26(20)12-4-5-12/h3,6-9,12,25H,2,4-5H2,1H3. The highest BCUT2D eigenvalue weighted by Gasteiger charge is 2.36. The lowest BCUT2D eigenvalue weighted by Gasteiger charge is -2.31. The van der Waals surface area contributed by atoms with Crippen molar-refractivity contribution in [3.8, 4) is 0 Å². The zero-order valence-electron chi connectivity index (χ0n) is 14.0. The molecule has 2 aromatic carbocycles. The molecule has 0 amide bonds. The van der Waals surface area contributed by atoms with Crippen molar-refractivity contribution in [3.05, 3.63) is 70.1 Å². The molecular weight excluding hydrogens is 405 g/mol. The van der Waals surface area contributed by atoms with Crippen molar-refractivity contribution < 1.29 is 13.2 Å². The van der Waals surface area contributed by atoms with Gasteiger partial charge >= 0.3 is 0 Å². The van der Waals surface area contributed by atoms with Gasteiger partial charge in [0.05, 0.1) is 17.1 Å². The molecule has 2 aromatic rings. The summed E-state index contributed by atoms with van der Waals surface area (Å²) >= 11 is 3.43. The maximum Gasteiger partial charge on any atom is 0.150 e. The second-order valence-electron chi connectivity index (χ2n) is 6.64. The third-order valence-electron chi connectivity index (χ3n) is 4.63. The van der Waals surface area contributed by atoms with Gasteiger partial charge in [-0.25, -0.2) is 13.2 Å². The molecule has 1 aliphatic heterocycles. The molecule has 0 saturated heterocycles. The maximum atomic E-state index is 14.7. The molecule has 0 spiro atoms. The fraction of sp³-hybridized carbons (Fsp3) is 0.200. The van der Waals surface area contributed by atoms with E-state index in [1.165, 1.54) is 12.1 Å². The highest BCUT2D eigenvalue weighted by molar-refractivity contribution is 9.12. The smallest absolute Gasteiger partial charge is 0.150 e. The molecular formula is C20H16BrF3N2. The molecule has 2 nitrogen and oxygen atoms in total. The number of allylic oxidation sites excluding steroid dienone is 2. The Morgan fingerprint density at radius 1 is 1.12 bits per heavy atom. The minimum Gasteiger partial charge on any atom is -0.350 e. The predicted molar refractivity (Wildman–Crippen MR) is 102 cm³/mol. The molecule has 1 N–H and O–H groups in total. The van der Waals surface area contributed by atoms with Gasteiger partial charge in [-0.2, -0.15) is 0 Å². The Morgan fingerprint density at radius 2 is 1.85 bits per heavy atom. The van der Waals surface area contributed by atoms with Crippen molar-refractivity contribution >= 4 is 38.6 Å². The van der Waals surface area contributed by atoms with Crippen LogP contribution in [-0.4, -0.2) is 6.04 Å². The Hall–Kier alpha value is -2.21. The summed E-state index contributed by atoms with van der Waals surface area (Å²) in [5.74, 6) is -1.95. The molecule has 0 atom stereocenters. The molecule has 26 heavy (non-hydrogen) atoms. The number of rotatable bonds is 3. The van der Waals surface area contributed by atoms with Gasteiger partial charge in [0.2, 0.25) is 0 Å². The van der Waals surface area contributed by atoms with Crippen molar-refractivity contribution in [1.29, 1.82) is 0 Å². The average Bonchev–Trinajstić information content (AvgIpc) is 3.40. The molecule has 1 saturated carbocycles. The molecule has 4 rings (SSSR count). The van der Waals surface area contributed by atoms with Gasteiger partial charge in [-0.3, -0.25) is 0 Å². The highest BCUT2D eigenvalue weighted by atomic mass is 79.9. The van der Waals surface area contributed by atoms with Crippen molar-refractivity contribution in [1.82, 2.24) is 0 Å². The van der Waals surface area contributed by atoms with Gasteiger partial charge in [-0.15, -0.1) is 0 Å². The SMILES string of the molecule is C=C1C(Br)=CN(C2CC2)c2c(F)cc(F)c(Nc3ccc(C)cc3F)c21. The minimum absolute atomic E-state index is 0.0184. The van der Waals surface area contributed by atoms with Gasteiger partial charge in [0.1, 0.15) is 11.6 Å². The Bertz CT molecular complexity index is 964. The molecule has 1 aliphatic carbocycles. The summed E-state index contributed by atoms with van der Waals surface area (Å²) in [6, 6.07) is 5.63. The minimum atomic E-state index is -0.791. The fourth-order valence-corrected chi connectivity index (χ4v) is 3.58. The van der Waals surface area contributed by atoms with Gasteiger partial charge in [0.15, 0.2) is 5.82 Å². The van der Waals surface area contributed by atoms with Crippen LogP contribution in [0.2, 0.25) is 0 Å². The summed E-state index contributed by atoms with van der Waals surface area (Å²) in [7, 11) is 0. The zero-order chi connectivity index (χ0) is 18.6. The van der Waals surface area contributed by atoms with E-state index in [0.29, 0.717) is 15.6 Å². The second-order valence-corrected chi connectivity index (χ2v) is 7.50. The summed E-state index contributed by atoms with van der Waals surface area (Å²) in [5.41, 5.74) is 1.93. The van der Waals surface area contributed by atoms with Gasteiger partial charge in [0.25, 0.3) is 0 Å². The van der Waals surface area contributed by atoms with Crippen LogP contribution < -0.4 is 10.2 Å². The second kappa shape index (κ2) is 6.20. The van der Waals surface area contributed by atoms with Crippen molar-refractivity contribution in [3.63, 3.8) is 0 Å². The Balaban J connectivity index is 1.89. The van der Waals surface area contributed by atoms with Crippen molar-refractivity contribution in [2.75, 3.05) is 10.2 Å². The number of hydrogen-bond donors (Lipinski definition) is 1. The van der Waals surface area contributed by atoms with E-state index in [9.17, 15) is 13.2 Å². The summed E-state index contributed by atoms with van der Waals surface area (Å²) in [6.45, 7) is 5.73. The number of nitrogens with one attached hydrogen (secondary N) is 1. The maximum absolute atomic E-state index is 14.7. The average molecular weight is 421 g/mol. The van der Waals surface area contributed by atoms with Crippen LogP contribution in [0, 0.1) is 24.4 Å².